The molecule has 0 bridgehead atoms. The van der Waals surface area contributed by atoms with Crippen LogP contribution in [0, 0.1) is 11.3 Å². The third-order valence-corrected chi connectivity index (χ3v) is 5.88. The van der Waals surface area contributed by atoms with Crippen molar-refractivity contribution in [2.45, 2.75) is 6.61 Å². The smallest absolute Gasteiger partial charge is 0.266 e. The second-order valence-electron chi connectivity index (χ2n) is 6.32. The van der Waals surface area contributed by atoms with Gasteiger partial charge in [-0.05, 0) is 64.0 Å². The van der Waals surface area contributed by atoms with Crippen LogP contribution in [0.3, 0.4) is 0 Å². The van der Waals surface area contributed by atoms with Crippen molar-refractivity contribution in [3.8, 4) is 11.8 Å². The zero-order valence-electron chi connectivity index (χ0n) is 15.8. The van der Waals surface area contributed by atoms with Crippen molar-refractivity contribution < 1.29 is 9.53 Å². The van der Waals surface area contributed by atoms with Crippen molar-refractivity contribution >= 4 is 68.4 Å². The fourth-order valence-electron chi connectivity index (χ4n) is 2.58. The van der Waals surface area contributed by atoms with Gasteiger partial charge in [-0.2, -0.15) is 5.26 Å². The lowest BCUT2D eigenvalue weighted by Crippen LogP contribution is -2.13. The summed E-state index contributed by atoms with van der Waals surface area (Å²) in [6.45, 7) is 0.308. The Labute approximate surface area is 203 Å². The standard InChI is InChI=1S/C23H14BrCl3N2O2/c24-18-10-14(5-8-22(18)31-13-15-3-1-2-4-19(15)25)9-16(12-28)23(30)29-17-6-7-20(26)21(27)11-17/h1-11H,13H2,(H,29,30)/b16-9+. The van der Waals surface area contributed by atoms with E-state index in [0.29, 0.717) is 43.1 Å². The van der Waals surface area contributed by atoms with Crippen molar-refractivity contribution in [3.63, 3.8) is 0 Å². The van der Waals surface area contributed by atoms with Crippen LogP contribution in [0.25, 0.3) is 6.08 Å². The minimum absolute atomic E-state index is 0.0669. The highest BCUT2D eigenvalue weighted by molar-refractivity contribution is 9.10. The van der Waals surface area contributed by atoms with Crippen LogP contribution >= 0.6 is 50.7 Å². The van der Waals surface area contributed by atoms with Gasteiger partial charge in [-0.15, -0.1) is 0 Å². The summed E-state index contributed by atoms with van der Waals surface area (Å²) in [7, 11) is 0. The number of carbonyl (C=O) groups excluding carboxylic acids is 1. The predicted octanol–water partition coefficient (Wildman–Crippen LogP) is 7.53. The summed E-state index contributed by atoms with van der Waals surface area (Å²) in [5.41, 5.74) is 1.89. The number of amides is 1. The summed E-state index contributed by atoms with van der Waals surface area (Å²) in [6.07, 6.45) is 1.48. The fourth-order valence-corrected chi connectivity index (χ4v) is 3.58. The molecule has 0 heterocycles. The lowest BCUT2D eigenvalue weighted by Gasteiger charge is -2.10. The van der Waals surface area contributed by atoms with Gasteiger partial charge in [-0.1, -0.05) is 59.1 Å². The Morgan fingerprint density at radius 2 is 1.81 bits per heavy atom. The van der Waals surface area contributed by atoms with Gasteiger partial charge in [0.1, 0.15) is 24.0 Å². The van der Waals surface area contributed by atoms with Crippen molar-refractivity contribution in [3.05, 3.63) is 96.9 Å². The van der Waals surface area contributed by atoms with Gasteiger partial charge in [-0.25, -0.2) is 0 Å². The lowest BCUT2D eigenvalue weighted by atomic mass is 10.1. The van der Waals surface area contributed by atoms with Gasteiger partial charge < -0.3 is 10.1 Å². The Hall–Kier alpha value is -2.49. The summed E-state index contributed by atoms with van der Waals surface area (Å²) in [5, 5.41) is 13.4. The third kappa shape index (κ3) is 6.25. The molecule has 1 N–H and O–H groups in total. The molecule has 31 heavy (non-hydrogen) atoms. The van der Waals surface area contributed by atoms with Crippen molar-refractivity contribution in [1.82, 2.24) is 0 Å². The Morgan fingerprint density at radius 3 is 2.48 bits per heavy atom. The van der Waals surface area contributed by atoms with E-state index in [2.05, 4.69) is 21.2 Å². The van der Waals surface area contributed by atoms with Gasteiger partial charge in [0.05, 0.1) is 14.5 Å². The van der Waals surface area contributed by atoms with Crippen molar-refractivity contribution in [2.24, 2.45) is 0 Å². The van der Waals surface area contributed by atoms with E-state index >= 15 is 0 Å². The maximum Gasteiger partial charge on any atom is 0.266 e. The molecule has 8 heteroatoms. The second-order valence-corrected chi connectivity index (χ2v) is 8.40. The van der Waals surface area contributed by atoms with Gasteiger partial charge >= 0.3 is 0 Å². The lowest BCUT2D eigenvalue weighted by molar-refractivity contribution is -0.112. The number of anilines is 1. The summed E-state index contributed by atoms with van der Waals surface area (Å²) in [5.74, 6) is 0.0480. The average Bonchev–Trinajstić information content (AvgIpc) is 2.75. The molecular formula is C23H14BrCl3N2O2. The van der Waals surface area contributed by atoms with E-state index in [-0.39, 0.29) is 5.57 Å². The molecule has 0 saturated heterocycles. The number of carbonyl (C=O) groups is 1. The van der Waals surface area contributed by atoms with Crippen LogP contribution in [-0.2, 0) is 11.4 Å². The molecule has 0 aliphatic carbocycles. The molecule has 0 saturated carbocycles. The van der Waals surface area contributed by atoms with E-state index in [1.807, 2.05) is 24.3 Å². The number of benzene rings is 3. The van der Waals surface area contributed by atoms with Crippen LogP contribution in [0.1, 0.15) is 11.1 Å². The largest absolute Gasteiger partial charge is 0.488 e. The number of hydrogen-bond donors (Lipinski definition) is 1. The van der Waals surface area contributed by atoms with Gasteiger partial charge in [0, 0.05) is 16.3 Å². The van der Waals surface area contributed by atoms with Crippen LogP contribution in [0.15, 0.2) is 70.7 Å². The number of ether oxygens (including phenoxy) is 1. The molecule has 3 aromatic carbocycles. The van der Waals surface area contributed by atoms with Crippen LogP contribution < -0.4 is 10.1 Å². The van der Waals surface area contributed by atoms with Gasteiger partial charge in [0.15, 0.2) is 0 Å². The molecule has 1 amide bonds. The fraction of sp³-hybridized carbons (Fsp3) is 0.0435. The molecule has 3 aromatic rings. The van der Waals surface area contributed by atoms with Crippen molar-refractivity contribution in [1.29, 1.82) is 5.26 Å². The highest BCUT2D eigenvalue weighted by Crippen LogP contribution is 2.29. The Balaban J connectivity index is 1.72. The molecule has 0 aliphatic rings. The normalized spacial score (nSPS) is 11.0. The highest BCUT2D eigenvalue weighted by atomic mass is 79.9. The first-order valence-electron chi connectivity index (χ1n) is 8.91. The third-order valence-electron chi connectivity index (χ3n) is 4.15. The highest BCUT2D eigenvalue weighted by Gasteiger charge is 2.12. The molecule has 3 rings (SSSR count). The number of nitrogens with zero attached hydrogens (tertiary/aromatic N) is 1. The van der Waals surface area contributed by atoms with E-state index in [1.54, 1.807) is 36.4 Å². The Bertz CT molecular complexity index is 1210. The number of rotatable bonds is 6. The quantitative estimate of drug-likeness (QED) is 0.262. The van der Waals surface area contributed by atoms with E-state index in [9.17, 15) is 10.1 Å². The zero-order valence-corrected chi connectivity index (χ0v) is 19.7. The van der Waals surface area contributed by atoms with Crippen LogP contribution in [0.5, 0.6) is 5.75 Å². The molecular weight excluding hydrogens is 523 g/mol. The monoisotopic (exact) mass is 534 g/mol. The first-order chi connectivity index (χ1) is 14.9. The maximum absolute atomic E-state index is 12.5. The predicted molar refractivity (Wildman–Crippen MR) is 129 cm³/mol. The van der Waals surface area contributed by atoms with Gasteiger partial charge in [0.2, 0.25) is 0 Å². The van der Waals surface area contributed by atoms with E-state index in [1.165, 1.54) is 12.1 Å². The molecule has 0 aliphatic heterocycles. The summed E-state index contributed by atoms with van der Waals surface area (Å²) in [4.78, 5) is 12.5. The first-order valence-corrected chi connectivity index (χ1v) is 10.8. The summed E-state index contributed by atoms with van der Waals surface area (Å²) in [6, 6.07) is 19.3. The molecule has 0 radical (unpaired) electrons. The molecule has 0 atom stereocenters. The van der Waals surface area contributed by atoms with E-state index in [0.717, 1.165) is 5.56 Å². The summed E-state index contributed by atoms with van der Waals surface area (Å²) < 4.78 is 6.49. The number of hydrogen-bond acceptors (Lipinski definition) is 3. The van der Waals surface area contributed by atoms with Crippen LogP contribution in [0.2, 0.25) is 15.1 Å². The van der Waals surface area contributed by atoms with Crippen LogP contribution in [-0.4, -0.2) is 5.91 Å². The van der Waals surface area contributed by atoms with Crippen molar-refractivity contribution in [2.75, 3.05) is 5.32 Å². The van der Waals surface area contributed by atoms with Gasteiger partial charge in [-0.3, -0.25) is 4.79 Å². The zero-order chi connectivity index (χ0) is 22.4. The number of halogens is 4. The van der Waals surface area contributed by atoms with E-state index < -0.39 is 5.91 Å². The summed E-state index contributed by atoms with van der Waals surface area (Å²) >= 11 is 21.4. The second kappa shape index (κ2) is 10.7. The Kier molecular flexibility index (Phi) is 8.00. The minimum Gasteiger partial charge on any atom is -0.488 e. The molecule has 4 nitrogen and oxygen atoms in total. The minimum atomic E-state index is -0.559. The average molecular weight is 537 g/mol. The first kappa shape index (κ1) is 23.2. The van der Waals surface area contributed by atoms with Crippen LogP contribution in [0.4, 0.5) is 5.69 Å². The topological polar surface area (TPSA) is 62.1 Å². The molecule has 156 valence electrons. The number of nitriles is 1. The van der Waals surface area contributed by atoms with E-state index in [4.69, 9.17) is 39.5 Å². The van der Waals surface area contributed by atoms with Gasteiger partial charge in [0.25, 0.3) is 5.91 Å². The SMILES string of the molecule is N#C/C(=C\c1ccc(OCc2ccccc2Cl)c(Br)c1)C(=O)Nc1ccc(Cl)c(Cl)c1. The molecule has 0 fully saturated rings. The molecule has 0 aromatic heterocycles. The maximum atomic E-state index is 12.5. The Morgan fingerprint density at radius 1 is 1.03 bits per heavy atom. The molecule has 0 spiro atoms. The number of nitrogens with one attached hydrogen (secondary N) is 1. The molecule has 0 unspecified atom stereocenters.